The fourth-order valence-corrected chi connectivity index (χ4v) is 2.34. The summed E-state index contributed by atoms with van der Waals surface area (Å²) < 4.78 is 0. The molecule has 5 nitrogen and oxygen atoms in total. The Bertz CT molecular complexity index is 430. The van der Waals surface area contributed by atoms with Crippen molar-refractivity contribution in [2.24, 2.45) is 5.92 Å². The Hall–Kier alpha value is -1.40. The number of rotatable bonds is 7. The number of hydrogen-bond donors (Lipinski definition) is 3. The molecule has 0 fully saturated rings. The number of carbonyl (C=O) groups is 2. The van der Waals surface area contributed by atoms with Gasteiger partial charge in [-0.05, 0) is 30.7 Å². The molecule has 0 aromatic carbocycles. The minimum atomic E-state index is -0.605. The van der Waals surface area contributed by atoms with E-state index in [1.807, 2.05) is 19.2 Å². The highest BCUT2D eigenvalue weighted by atomic mass is 32.1. The van der Waals surface area contributed by atoms with E-state index < -0.39 is 12.1 Å². The van der Waals surface area contributed by atoms with E-state index in [0.29, 0.717) is 11.3 Å². The summed E-state index contributed by atoms with van der Waals surface area (Å²) in [5.74, 6) is -0.219. The number of amides is 2. The zero-order valence-electron chi connectivity index (χ0n) is 12.1. The normalized spacial score (nSPS) is 13.8. The number of thiophene rings is 1. The van der Waals surface area contributed by atoms with Crippen LogP contribution >= 0.6 is 11.3 Å². The van der Waals surface area contributed by atoms with Crippen LogP contribution in [0.2, 0.25) is 0 Å². The molecule has 1 rings (SSSR count). The topological polar surface area (TPSA) is 78.4 Å². The molecule has 2 atom stereocenters. The SMILES string of the molecule is CC(C)C[C@H](NC(=O)c1cccs1)C(=O)NCC(C)O. The molecule has 1 aromatic rings. The van der Waals surface area contributed by atoms with Crippen LogP contribution in [0.3, 0.4) is 0 Å². The second kappa shape index (κ2) is 8.01. The maximum Gasteiger partial charge on any atom is 0.261 e. The highest BCUT2D eigenvalue weighted by molar-refractivity contribution is 7.12. The molecule has 0 saturated carbocycles. The van der Waals surface area contributed by atoms with E-state index in [1.165, 1.54) is 11.3 Å². The molecule has 112 valence electrons. The van der Waals surface area contributed by atoms with Crippen molar-refractivity contribution in [1.29, 1.82) is 0 Å². The largest absolute Gasteiger partial charge is 0.392 e. The Morgan fingerprint density at radius 2 is 2.05 bits per heavy atom. The van der Waals surface area contributed by atoms with Gasteiger partial charge in [0.05, 0.1) is 11.0 Å². The summed E-state index contributed by atoms with van der Waals surface area (Å²) in [5, 5.41) is 16.4. The Morgan fingerprint density at radius 3 is 2.55 bits per heavy atom. The summed E-state index contributed by atoms with van der Waals surface area (Å²) in [6, 6.07) is 2.94. The minimum absolute atomic E-state index is 0.183. The van der Waals surface area contributed by atoms with Crippen LogP contribution in [-0.2, 0) is 4.79 Å². The van der Waals surface area contributed by atoms with Crippen LogP contribution in [-0.4, -0.2) is 35.6 Å². The first kappa shape index (κ1) is 16.7. The number of aliphatic hydroxyl groups is 1. The monoisotopic (exact) mass is 298 g/mol. The van der Waals surface area contributed by atoms with Crippen molar-refractivity contribution in [1.82, 2.24) is 10.6 Å². The van der Waals surface area contributed by atoms with Crippen molar-refractivity contribution >= 4 is 23.2 Å². The van der Waals surface area contributed by atoms with Crippen molar-refractivity contribution in [3.63, 3.8) is 0 Å². The third kappa shape index (κ3) is 5.71. The molecule has 1 aromatic heterocycles. The quantitative estimate of drug-likeness (QED) is 0.712. The number of carbonyl (C=O) groups excluding carboxylic acids is 2. The van der Waals surface area contributed by atoms with Gasteiger partial charge >= 0.3 is 0 Å². The summed E-state index contributed by atoms with van der Waals surface area (Å²) in [7, 11) is 0. The van der Waals surface area contributed by atoms with E-state index in [-0.39, 0.29) is 24.3 Å². The van der Waals surface area contributed by atoms with Crippen molar-refractivity contribution in [2.75, 3.05) is 6.54 Å². The lowest BCUT2D eigenvalue weighted by molar-refractivity contribution is -0.123. The van der Waals surface area contributed by atoms with E-state index in [9.17, 15) is 14.7 Å². The summed E-state index contributed by atoms with van der Waals surface area (Å²) in [4.78, 5) is 24.7. The lowest BCUT2D eigenvalue weighted by Crippen LogP contribution is -2.48. The molecule has 1 heterocycles. The van der Waals surface area contributed by atoms with Crippen LogP contribution in [0.1, 0.15) is 36.9 Å². The fourth-order valence-electron chi connectivity index (χ4n) is 1.71. The van der Waals surface area contributed by atoms with Gasteiger partial charge in [0, 0.05) is 6.54 Å². The lowest BCUT2D eigenvalue weighted by atomic mass is 10.0. The molecular formula is C14H22N2O3S. The molecular weight excluding hydrogens is 276 g/mol. The standard InChI is InChI=1S/C14H22N2O3S/c1-9(2)7-11(13(18)15-8-10(3)17)16-14(19)12-5-4-6-20-12/h4-6,9-11,17H,7-8H2,1-3H3,(H,15,18)(H,16,19)/t10?,11-/m0/s1. The molecule has 0 aliphatic rings. The third-order valence-corrected chi connectivity index (χ3v) is 3.51. The van der Waals surface area contributed by atoms with Crippen LogP contribution in [0, 0.1) is 5.92 Å². The summed E-state index contributed by atoms with van der Waals surface area (Å²) in [6.45, 7) is 5.77. The predicted molar refractivity (Wildman–Crippen MR) is 79.7 cm³/mol. The minimum Gasteiger partial charge on any atom is -0.392 e. The Labute approximate surface area is 123 Å². The number of nitrogens with one attached hydrogen (secondary N) is 2. The second-order valence-electron chi connectivity index (χ2n) is 5.23. The Morgan fingerprint density at radius 1 is 1.35 bits per heavy atom. The first-order chi connectivity index (χ1) is 9.40. The predicted octanol–water partition coefficient (Wildman–Crippen LogP) is 1.39. The van der Waals surface area contributed by atoms with Gasteiger partial charge in [-0.25, -0.2) is 0 Å². The van der Waals surface area contributed by atoms with E-state index in [2.05, 4.69) is 10.6 Å². The van der Waals surface area contributed by atoms with Gasteiger partial charge in [-0.2, -0.15) is 0 Å². The average Bonchev–Trinajstić information content (AvgIpc) is 2.88. The molecule has 0 bridgehead atoms. The van der Waals surface area contributed by atoms with E-state index in [0.717, 1.165) is 0 Å². The Kier molecular flexibility index (Phi) is 6.67. The van der Waals surface area contributed by atoms with Crippen LogP contribution in [0.5, 0.6) is 0 Å². The van der Waals surface area contributed by atoms with Gasteiger partial charge in [0.1, 0.15) is 6.04 Å². The van der Waals surface area contributed by atoms with Crippen molar-refractivity contribution in [3.05, 3.63) is 22.4 Å². The maximum atomic E-state index is 12.1. The van der Waals surface area contributed by atoms with Gasteiger partial charge in [-0.3, -0.25) is 9.59 Å². The van der Waals surface area contributed by atoms with E-state index in [4.69, 9.17) is 0 Å². The highest BCUT2D eigenvalue weighted by Gasteiger charge is 2.22. The fraction of sp³-hybridized carbons (Fsp3) is 0.571. The van der Waals surface area contributed by atoms with Gasteiger partial charge < -0.3 is 15.7 Å². The summed E-state index contributed by atoms with van der Waals surface area (Å²) in [5.41, 5.74) is 0. The van der Waals surface area contributed by atoms with Crippen LogP contribution in [0.25, 0.3) is 0 Å². The summed E-state index contributed by atoms with van der Waals surface area (Å²) >= 11 is 1.34. The molecule has 3 N–H and O–H groups in total. The van der Waals surface area contributed by atoms with Crippen molar-refractivity contribution < 1.29 is 14.7 Å². The molecule has 2 amide bonds. The van der Waals surface area contributed by atoms with Gasteiger partial charge in [0.15, 0.2) is 0 Å². The molecule has 0 spiro atoms. The van der Waals surface area contributed by atoms with Crippen LogP contribution < -0.4 is 10.6 Å². The zero-order chi connectivity index (χ0) is 15.1. The van der Waals surface area contributed by atoms with Crippen molar-refractivity contribution in [2.45, 2.75) is 39.3 Å². The van der Waals surface area contributed by atoms with Gasteiger partial charge in [-0.1, -0.05) is 19.9 Å². The third-order valence-electron chi connectivity index (χ3n) is 2.65. The van der Waals surface area contributed by atoms with Crippen LogP contribution in [0.4, 0.5) is 0 Å². The second-order valence-corrected chi connectivity index (χ2v) is 6.17. The van der Waals surface area contributed by atoms with Gasteiger partial charge in [0.2, 0.25) is 5.91 Å². The molecule has 1 unspecified atom stereocenters. The first-order valence-electron chi connectivity index (χ1n) is 6.70. The first-order valence-corrected chi connectivity index (χ1v) is 7.58. The van der Waals surface area contributed by atoms with Gasteiger partial charge in [0.25, 0.3) is 5.91 Å². The summed E-state index contributed by atoms with van der Waals surface area (Å²) in [6.07, 6.45) is -0.0467. The van der Waals surface area contributed by atoms with E-state index >= 15 is 0 Å². The zero-order valence-corrected chi connectivity index (χ0v) is 12.9. The lowest BCUT2D eigenvalue weighted by Gasteiger charge is -2.20. The van der Waals surface area contributed by atoms with Crippen molar-refractivity contribution in [3.8, 4) is 0 Å². The molecule has 0 aliphatic heterocycles. The molecule has 0 aliphatic carbocycles. The molecule has 6 heteroatoms. The smallest absolute Gasteiger partial charge is 0.261 e. The number of aliphatic hydroxyl groups excluding tert-OH is 1. The molecule has 20 heavy (non-hydrogen) atoms. The van der Waals surface area contributed by atoms with Crippen LogP contribution in [0.15, 0.2) is 17.5 Å². The Balaban J connectivity index is 2.64. The van der Waals surface area contributed by atoms with Gasteiger partial charge in [-0.15, -0.1) is 11.3 Å². The molecule has 0 radical (unpaired) electrons. The molecule has 0 saturated heterocycles. The van der Waals surface area contributed by atoms with E-state index in [1.54, 1.807) is 19.1 Å². The average molecular weight is 298 g/mol. The number of hydrogen-bond acceptors (Lipinski definition) is 4. The maximum absolute atomic E-state index is 12.1. The highest BCUT2D eigenvalue weighted by Crippen LogP contribution is 2.10.